The molecule has 2 aromatic carbocycles. The molecule has 0 aromatic heterocycles. The second-order valence-corrected chi connectivity index (χ2v) is 6.47. The summed E-state index contributed by atoms with van der Waals surface area (Å²) >= 11 is 0. The van der Waals surface area contributed by atoms with Gasteiger partial charge in [0.15, 0.2) is 0 Å². The number of hydrogen-bond donors (Lipinski definition) is 0. The van der Waals surface area contributed by atoms with Crippen LogP contribution in [0.25, 0.3) is 0 Å². The number of benzene rings is 2. The highest BCUT2D eigenvalue weighted by molar-refractivity contribution is 5.51. The molecule has 2 atom stereocenters. The summed E-state index contributed by atoms with van der Waals surface area (Å²) in [5, 5.41) is 0. The SMILES string of the molecule is Cc1cc(C)c(C#Cc2ccc(C3CC3C)cc2)c(C)c1. The molecule has 1 saturated carbocycles. The van der Waals surface area contributed by atoms with Crippen LogP contribution in [0, 0.1) is 38.5 Å². The van der Waals surface area contributed by atoms with Gasteiger partial charge in [0.05, 0.1) is 0 Å². The van der Waals surface area contributed by atoms with Crippen LogP contribution < -0.4 is 0 Å². The van der Waals surface area contributed by atoms with Gasteiger partial charge in [-0.15, -0.1) is 0 Å². The molecule has 0 N–H and O–H groups in total. The third-order valence-electron chi connectivity index (χ3n) is 4.46. The highest BCUT2D eigenvalue weighted by Gasteiger charge is 2.33. The van der Waals surface area contributed by atoms with Gasteiger partial charge in [-0.1, -0.05) is 48.6 Å². The Balaban J connectivity index is 1.84. The van der Waals surface area contributed by atoms with E-state index in [4.69, 9.17) is 0 Å². The lowest BCUT2D eigenvalue weighted by Gasteiger charge is -2.04. The van der Waals surface area contributed by atoms with E-state index in [-0.39, 0.29) is 0 Å². The summed E-state index contributed by atoms with van der Waals surface area (Å²) in [5.74, 6) is 8.30. The largest absolute Gasteiger partial charge is 0.0619 e. The Morgan fingerprint density at radius 2 is 1.48 bits per heavy atom. The lowest BCUT2D eigenvalue weighted by Crippen LogP contribution is -1.89. The van der Waals surface area contributed by atoms with Crippen molar-refractivity contribution < 1.29 is 0 Å². The molecule has 2 unspecified atom stereocenters. The first-order valence-electron chi connectivity index (χ1n) is 7.74. The molecule has 1 aliphatic rings. The van der Waals surface area contributed by atoms with Gasteiger partial charge in [-0.25, -0.2) is 0 Å². The molecular weight excluding hydrogens is 252 g/mol. The van der Waals surface area contributed by atoms with E-state index in [1.54, 1.807) is 0 Å². The fourth-order valence-corrected chi connectivity index (χ4v) is 3.11. The zero-order valence-electron chi connectivity index (χ0n) is 13.3. The molecule has 21 heavy (non-hydrogen) atoms. The summed E-state index contributed by atoms with van der Waals surface area (Å²) in [7, 11) is 0. The lowest BCUT2D eigenvalue weighted by molar-refractivity contribution is 0.914. The smallest absolute Gasteiger partial charge is 0.0307 e. The molecule has 1 aliphatic carbocycles. The van der Waals surface area contributed by atoms with Gasteiger partial charge in [0.2, 0.25) is 0 Å². The Morgan fingerprint density at radius 3 is 2.00 bits per heavy atom. The van der Waals surface area contributed by atoms with Gasteiger partial charge in [0.25, 0.3) is 0 Å². The van der Waals surface area contributed by atoms with Crippen LogP contribution in [-0.4, -0.2) is 0 Å². The molecule has 106 valence electrons. The van der Waals surface area contributed by atoms with E-state index in [0.29, 0.717) is 0 Å². The number of hydrogen-bond acceptors (Lipinski definition) is 0. The third-order valence-corrected chi connectivity index (χ3v) is 4.46. The summed E-state index contributed by atoms with van der Waals surface area (Å²) in [6, 6.07) is 13.2. The second kappa shape index (κ2) is 5.41. The first-order chi connectivity index (χ1) is 10.0. The number of rotatable bonds is 1. The summed E-state index contributed by atoms with van der Waals surface area (Å²) in [4.78, 5) is 0. The van der Waals surface area contributed by atoms with Crippen LogP contribution >= 0.6 is 0 Å². The molecule has 0 bridgehead atoms. The van der Waals surface area contributed by atoms with E-state index < -0.39 is 0 Å². The van der Waals surface area contributed by atoms with Gasteiger partial charge in [-0.05, 0) is 67.9 Å². The summed E-state index contributed by atoms with van der Waals surface area (Å²) in [5.41, 5.74) is 7.58. The van der Waals surface area contributed by atoms with Crippen LogP contribution in [0.3, 0.4) is 0 Å². The molecule has 1 fully saturated rings. The van der Waals surface area contributed by atoms with Crippen molar-refractivity contribution in [2.75, 3.05) is 0 Å². The van der Waals surface area contributed by atoms with Gasteiger partial charge in [-0.3, -0.25) is 0 Å². The maximum absolute atomic E-state index is 3.35. The van der Waals surface area contributed by atoms with Crippen molar-refractivity contribution in [1.82, 2.24) is 0 Å². The normalized spacial score (nSPS) is 19.8. The fraction of sp³-hybridized carbons (Fsp3) is 0.333. The molecular formula is C21H22. The predicted octanol–water partition coefficient (Wildman–Crippen LogP) is 5.14. The van der Waals surface area contributed by atoms with Crippen LogP contribution in [0.2, 0.25) is 0 Å². The highest BCUT2D eigenvalue weighted by Crippen LogP contribution is 2.46. The lowest BCUT2D eigenvalue weighted by atomic mass is 10.00. The first-order valence-corrected chi connectivity index (χ1v) is 7.74. The van der Waals surface area contributed by atoms with E-state index in [9.17, 15) is 0 Å². The maximum atomic E-state index is 3.35. The zero-order chi connectivity index (χ0) is 15.0. The minimum absolute atomic E-state index is 0.786. The molecule has 0 nitrogen and oxygen atoms in total. The number of aryl methyl sites for hydroxylation is 3. The topological polar surface area (TPSA) is 0 Å². The van der Waals surface area contributed by atoms with Crippen molar-refractivity contribution >= 4 is 0 Å². The Labute approximate surface area is 128 Å². The summed E-state index contributed by atoms with van der Waals surface area (Å²) in [6.45, 7) is 8.74. The van der Waals surface area contributed by atoms with E-state index >= 15 is 0 Å². The fourth-order valence-electron chi connectivity index (χ4n) is 3.11. The predicted molar refractivity (Wildman–Crippen MR) is 89.6 cm³/mol. The van der Waals surface area contributed by atoms with Crippen molar-refractivity contribution in [2.45, 2.75) is 40.0 Å². The average Bonchev–Trinajstić information content (AvgIpc) is 3.15. The molecule has 0 heteroatoms. The maximum Gasteiger partial charge on any atom is 0.0307 e. The quantitative estimate of drug-likeness (QED) is 0.632. The van der Waals surface area contributed by atoms with Crippen LogP contribution in [-0.2, 0) is 0 Å². The van der Waals surface area contributed by atoms with E-state index in [1.807, 2.05) is 0 Å². The molecule has 0 spiro atoms. The van der Waals surface area contributed by atoms with E-state index in [1.165, 1.54) is 34.2 Å². The summed E-state index contributed by atoms with van der Waals surface area (Å²) in [6.07, 6.45) is 1.34. The van der Waals surface area contributed by atoms with Gasteiger partial charge in [0.1, 0.15) is 0 Å². The minimum Gasteiger partial charge on any atom is -0.0619 e. The van der Waals surface area contributed by atoms with Gasteiger partial charge in [0, 0.05) is 11.1 Å². The van der Waals surface area contributed by atoms with Crippen LogP contribution in [0.5, 0.6) is 0 Å². The van der Waals surface area contributed by atoms with Crippen LogP contribution in [0.1, 0.15) is 52.6 Å². The first kappa shape index (κ1) is 14.0. The summed E-state index contributed by atoms with van der Waals surface area (Å²) < 4.78 is 0. The van der Waals surface area contributed by atoms with Crippen molar-refractivity contribution in [2.24, 2.45) is 5.92 Å². The zero-order valence-corrected chi connectivity index (χ0v) is 13.3. The Morgan fingerprint density at radius 1 is 0.905 bits per heavy atom. The Hall–Kier alpha value is -2.00. The van der Waals surface area contributed by atoms with Crippen LogP contribution in [0.4, 0.5) is 0 Å². The van der Waals surface area contributed by atoms with Crippen molar-refractivity contribution in [3.63, 3.8) is 0 Å². The third kappa shape index (κ3) is 3.03. The highest BCUT2D eigenvalue weighted by atomic mass is 14.4. The monoisotopic (exact) mass is 274 g/mol. The molecule has 3 rings (SSSR count). The standard InChI is InChI=1S/C21H22/c1-14-11-15(2)20(16(3)12-14)10-7-18-5-8-19(9-6-18)21-13-17(21)4/h5-6,8-9,11-12,17,21H,13H2,1-4H3. The molecule has 2 aromatic rings. The van der Waals surface area contributed by atoms with Gasteiger partial charge in [-0.2, -0.15) is 0 Å². The minimum atomic E-state index is 0.786. The molecule has 0 radical (unpaired) electrons. The Bertz CT molecular complexity index is 700. The van der Waals surface area contributed by atoms with E-state index in [2.05, 4.69) is 75.9 Å². The second-order valence-electron chi connectivity index (χ2n) is 6.47. The van der Waals surface area contributed by atoms with Crippen LogP contribution in [0.15, 0.2) is 36.4 Å². The Kier molecular flexibility index (Phi) is 3.60. The molecule has 0 amide bonds. The van der Waals surface area contributed by atoms with Crippen molar-refractivity contribution in [3.05, 3.63) is 69.8 Å². The van der Waals surface area contributed by atoms with Crippen molar-refractivity contribution in [3.8, 4) is 11.8 Å². The van der Waals surface area contributed by atoms with Gasteiger partial charge < -0.3 is 0 Å². The average molecular weight is 274 g/mol. The van der Waals surface area contributed by atoms with Crippen molar-refractivity contribution in [1.29, 1.82) is 0 Å². The molecule has 0 aliphatic heterocycles. The molecule has 0 saturated heterocycles. The van der Waals surface area contributed by atoms with E-state index in [0.717, 1.165) is 17.4 Å². The van der Waals surface area contributed by atoms with Gasteiger partial charge >= 0.3 is 0 Å². The molecule has 0 heterocycles.